The number of aliphatic hydroxyl groups is 2. The Morgan fingerprint density at radius 2 is 1.67 bits per heavy atom. The summed E-state index contributed by atoms with van der Waals surface area (Å²) >= 11 is 1.19. The number of ether oxygens (including phenoxy) is 2. The lowest BCUT2D eigenvalue weighted by Crippen LogP contribution is -2.03. The molecule has 0 aromatic heterocycles. The lowest BCUT2D eigenvalue weighted by Gasteiger charge is -2.17. The van der Waals surface area contributed by atoms with Gasteiger partial charge in [0.05, 0.1) is 11.5 Å². The fraction of sp³-hybridized carbons (Fsp3) is 0.394. The summed E-state index contributed by atoms with van der Waals surface area (Å²) in [6, 6.07) is 19.0. The Morgan fingerprint density at radius 1 is 0.929 bits per heavy atom. The largest absolute Gasteiger partial charge is 0.744 e. The summed E-state index contributed by atoms with van der Waals surface area (Å²) in [5.74, 6) is 6.38. The highest BCUT2D eigenvalue weighted by Crippen LogP contribution is 2.37. The summed E-state index contributed by atoms with van der Waals surface area (Å²) in [5.41, 5.74) is 1.57. The van der Waals surface area contributed by atoms with Gasteiger partial charge >= 0.3 is 0 Å². The lowest BCUT2D eigenvalue weighted by atomic mass is 9.96. The average molecular weight is 612 g/mol. The summed E-state index contributed by atoms with van der Waals surface area (Å²) in [6.07, 6.45) is 5.71. The van der Waals surface area contributed by atoms with E-state index in [1.807, 2.05) is 24.3 Å². The molecule has 0 spiro atoms. The SMILES string of the molecule is CCCCOc1ccc(Sc2ccc(-c3ccccc3C(O)C#CCOCCCCCCCO)cc2S(=O)(=O)[O-])cc1. The normalized spacial score (nSPS) is 12.0. The summed E-state index contributed by atoms with van der Waals surface area (Å²) < 4.78 is 48.1. The van der Waals surface area contributed by atoms with Gasteiger partial charge in [-0.2, -0.15) is 0 Å². The van der Waals surface area contributed by atoms with Crippen LogP contribution in [0.1, 0.15) is 63.5 Å². The molecule has 0 fully saturated rings. The second kappa shape index (κ2) is 18.0. The van der Waals surface area contributed by atoms with Crippen molar-refractivity contribution in [3.63, 3.8) is 0 Å². The van der Waals surface area contributed by atoms with Crippen LogP contribution < -0.4 is 4.74 Å². The molecule has 3 aromatic rings. The smallest absolute Gasteiger partial charge is 0.140 e. The molecular weight excluding hydrogens is 572 g/mol. The molecule has 1 atom stereocenters. The molecule has 0 aliphatic rings. The van der Waals surface area contributed by atoms with Gasteiger partial charge in [-0.3, -0.25) is 0 Å². The van der Waals surface area contributed by atoms with Gasteiger partial charge in [0.1, 0.15) is 28.6 Å². The fourth-order valence-electron chi connectivity index (χ4n) is 4.20. The minimum atomic E-state index is -4.79. The molecule has 0 saturated heterocycles. The molecule has 42 heavy (non-hydrogen) atoms. The van der Waals surface area contributed by atoms with Crippen molar-refractivity contribution in [2.45, 2.75) is 72.7 Å². The molecule has 226 valence electrons. The zero-order chi connectivity index (χ0) is 30.2. The average Bonchev–Trinajstić information content (AvgIpc) is 2.98. The van der Waals surface area contributed by atoms with E-state index in [1.165, 1.54) is 17.8 Å². The molecule has 0 radical (unpaired) electrons. The molecule has 0 aliphatic carbocycles. The topological polar surface area (TPSA) is 116 Å². The first kappa shape index (κ1) is 33.7. The zero-order valence-corrected chi connectivity index (χ0v) is 25.6. The first-order valence-corrected chi connectivity index (χ1v) is 16.5. The molecule has 0 amide bonds. The molecule has 3 aromatic carbocycles. The van der Waals surface area contributed by atoms with Gasteiger partial charge in [0.25, 0.3) is 0 Å². The number of hydrogen-bond acceptors (Lipinski definition) is 8. The molecule has 0 bridgehead atoms. The van der Waals surface area contributed by atoms with Crippen molar-refractivity contribution in [1.82, 2.24) is 0 Å². The minimum Gasteiger partial charge on any atom is -0.744 e. The second-order valence-electron chi connectivity index (χ2n) is 9.75. The van der Waals surface area contributed by atoms with Crippen LogP contribution in [-0.2, 0) is 14.9 Å². The van der Waals surface area contributed by atoms with Crippen LogP contribution in [0.15, 0.2) is 81.4 Å². The fourth-order valence-corrected chi connectivity index (χ4v) is 6.04. The molecule has 2 N–H and O–H groups in total. The van der Waals surface area contributed by atoms with Gasteiger partial charge in [0.15, 0.2) is 0 Å². The Kier molecular flexibility index (Phi) is 14.4. The van der Waals surface area contributed by atoms with Crippen molar-refractivity contribution < 1.29 is 32.7 Å². The lowest BCUT2D eigenvalue weighted by molar-refractivity contribution is 0.161. The first-order chi connectivity index (χ1) is 20.3. The highest BCUT2D eigenvalue weighted by Gasteiger charge is 2.16. The standard InChI is InChI=1S/C33H40O7S2/c1-2-3-24-40-27-16-18-28(19-17-27)41-32-20-15-26(25-33(32)42(36,37)38)29-12-7-8-13-30(29)31(35)14-11-23-39-22-10-6-4-5-9-21-34/h7-8,12-13,15-20,25,31,34-35H,2-6,9-10,21-24H2,1H3,(H,36,37,38)/p-1. The third kappa shape index (κ3) is 11.1. The van der Waals surface area contributed by atoms with Crippen LogP contribution in [-0.4, -0.2) is 49.6 Å². The third-order valence-electron chi connectivity index (χ3n) is 6.46. The molecule has 0 saturated carbocycles. The second-order valence-corrected chi connectivity index (χ2v) is 12.2. The number of rotatable bonds is 17. The van der Waals surface area contributed by atoms with Crippen molar-refractivity contribution in [3.05, 3.63) is 72.3 Å². The van der Waals surface area contributed by atoms with Gasteiger partial charge in [-0.05, 0) is 66.8 Å². The van der Waals surface area contributed by atoms with E-state index in [4.69, 9.17) is 14.6 Å². The minimum absolute atomic E-state index is 0.187. The molecule has 0 heterocycles. The Bertz CT molecular complexity index is 1410. The van der Waals surface area contributed by atoms with Gasteiger partial charge in [0.2, 0.25) is 0 Å². The number of unbranched alkanes of at least 4 members (excludes halogenated alkanes) is 5. The van der Waals surface area contributed by atoms with Crippen molar-refractivity contribution in [2.75, 3.05) is 26.4 Å². The maximum Gasteiger partial charge on any atom is 0.140 e. The predicted octanol–water partition coefficient (Wildman–Crippen LogP) is 6.58. The van der Waals surface area contributed by atoms with Gasteiger partial charge in [0, 0.05) is 28.6 Å². The molecular formula is C33H39O7S2-. The van der Waals surface area contributed by atoms with E-state index in [0.717, 1.165) is 55.6 Å². The van der Waals surface area contributed by atoms with E-state index < -0.39 is 16.2 Å². The van der Waals surface area contributed by atoms with Crippen molar-refractivity contribution >= 4 is 21.9 Å². The molecule has 3 rings (SSSR count). The van der Waals surface area contributed by atoms with Crippen LogP contribution >= 0.6 is 11.8 Å². The van der Waals surface area contributed by atoms with Crippen molar-refractivity contribution in [2.24, 2.45) is 0 Å². The summed E-state index contributed by atoms with van der Waals surface area (Å²) in [5, 5.41) is 19.6. The zero-order valence-electron chi connectivity index (χ0n) is 24.0. The number of hydrogen-bond donors (Lipinski definition) is 2. The number of aliphatic hydroxyl groups excluding tert-OH is 2. The van der Waals surface area contributed by atoms with Crippen LogP contribution in [0.2, 0.25) is 0 Å². The maximum atomic E-state index is 12.3. The quantitative estimate of drug-likeness (QED) is 0.0999. The Hall–Kier alpha value is -2.84. The van der Waals surface area contributed by atoms with E-state index in [1.54, 1.807) is 36.4 Å². The van der Waals surface area contributed by atoms with Crippen LogP contribution in [0.3, 0.4) is 0 Å². The monoisotopic (exact) mass is 611 g/mol. The Balaban J connectivity index is 1.71. The third-order valence-corrected chi connectivity index (χ3v) is 8.55. The van der Waals surface area contributed by atoms with E-state index in [0.29, 0.717) is 34.8 Å². The van der Waals surface area contributed by atoms with Gasteiger partial charge < -0.3 is 24.2 Å². The molecule has 1 unspecified atom stereocenters. The predicted molar refractivity (Wildman–Crippen MR) is 165 cm³/mol. The van der Waals surface area contributed by atoms with Gasteiger partial charge in [-0.1, -0.05) is 86.5 Å². The van der Waals surface area contributed by atoms with Crippen LogP contribution in [0.25, 0.3) is 11.1 Å². The van der Waals surface area contributed by atoms with Crippen LogP contribution in [0.5, 0.6) is 5.75 Å². The van der Waals surface area contributed by atoms with E-state index in [2.05, 4.69) is 18.8 Å². The highest BCUT2D eigenvalue weighted by atomic mass is 32.2. The van der Waals surface area contributed by atoms with Gasteiger partial charge in [-0.25, -0.2) is 8.42 Å². The number of benzene rings is 3. The molecule has 9 heteroatoms. The van der Waals surface area contributed by atoms with E-state index in [9.17, 15) is 18.1 Å². The summed E-state index contributed by atoms with van der Waals surface area (Å²) in [4.78, 5) is 0.760. The van der Waals surface area contributed by atoms with E-state index in [-0.39, 0.29) is 18.1 Å². The molecule has 0 aliphatic heterocycles. The van der Waals surface area contributed by atoms with Crippen molar-refractivity contribution in [1.29, 1.82) is 0 Å². The van der Waals surface area contributed by atoms with Crippen LogP contribution in [0, 0.1) is 11.8 Å². The van der Waals surface area contributed by atoms with Crippen molar-refractivity contribution in [3.8, 4) is 28.7 Å². The highest BCUT2D eigenvalue weighted by molar-refractivity contribution is 8.00. The summed E-state index contributed by atoms with van der Waals surface area (Å²) in [6.45, 7) is 3.71. The Morgan fingerprint density at radius 3 is 2.40 bits per heavy atom. The van der Waals surface area contributed by atoms with E-state index >= 15 is 0 Å². The van der Waals surface area contributed by atoms with Gasteiger partial charge in [-0.15, -0.1) is 0 Å². The first-order valence-electron chi connectivity index (χ1n) is 14.3. The summed E-state index contributed by atoms with van der Waals surface area (Å²) in [7, 11) is -4.79. The maximum absolute atomic E-state index is 12.3. The Labute approximate surface area is 254 Å². The molecule has 7 nitrogen and oxygen atoms in total. The van der Waals surface area contributed by atoms with Crippen LogP contribution in [0.4, 0.5) is 0 Å².